The molecule has 1 N–H and O–H groups in total. The highest BCUT2D eigenvalue weighted by Gasteiger charge is 2.41. The Bertz CT molecular complexity index is 322. The molecular weight excluding hydrogens is 212 g/mol. The summed E-state index contributed by atoms with van der Waals surface area (Å²) in [5, 5.41) is 3.55. The predicted octanol–water partition coefficient (Wildman–Crippen LogP) is 2.03. The Morgan fingerprint density at radius 2 is 2.29 bits per heavy atom. The summed E-state index contributed by atoms with van der Waals surface area (Å²) < 4.78 is 5.16. The minimum absolute atomic E-state index is 0.542. The summed E-state index contributed by atoms with van der Waals surface area (Å²) in [6.45, 7) is 3.04. The van der Waals surface area contributed by atoms with Crippen molar-refractivity contribution in [3.63, 3.8) is 0 Å². The number of nitrogens with one attached hydrogen (secondary N) is 1. The summed E-state index contributed by atoms with van der Waals surface area (Å²) >= 11 is 0. The SMILES string of the molecule is COCCC1(CNCCc2ccccn2)CC1. The van der Waals surface area contributed by atoms with Crippen molar-refractivity contribution in [1.29, 1.82) is 0 Å². The standard InChI is InChI=1S/C14H22N2O/c1-17-11-8-14(6-7-14)12-15-10-5-13-4-2-3-9-16-13/h2-4,9,15H,5-8,10-12H2,1H3. The van der Waals surface area contributed by atoms with E-state index in [4.69, 9.17) is 4.74 Å². The van der Waals surface area contributed by atoms with Crippen LogP contribution in [0.1, 0.15) is 25.0 Å². The number of methoxy groups -OCH3 is 1. The lowest BCUT2D eigenvalue weighted by Gasteiger charge is -2.15. The van der Waals surface area contributed by atoms with Gasteiger partial charge in [0.25, 0.3) is 0 Å². The average molecular weight is 234 g/mol. The van der Waals surface area contributed by atoms with Crippen LogP contribution >= 0.6 is 0 Å². The molecule has 1 aliphatic carbocycles. The smallest absolute Gasteiger partial charge is 0.0468 e. The zero-order valence-electron chi connectivity index (χ0n) is 10.6. The highest BCUT2D eigenvalue weighted by atomic mass is 16.5. The van der Waals surface area contributed by atoms with Crippen LogP contribution in [0.2, 0.25) is 0 Å². The fraction of sp³-hybridized carbons (Fsp3) is 0.643. The lowest BCUT2D eigenvalue weighted by molar-refractivity contribution is 0.171. The minimum atomic E-state index is 0.542. The fourth-order valence-corrected chi connectivity index (χ4v) is 2.13. The third-order valence-electron chi connectivity index (χ3n) is 3.58. The first-order valence-corrected chi connectivity index (χ1v) is 6.44. The van der Waals surface area contributed by atoms with Crippen LogP contribution in [-0.2, 0) is 11.2 Å². The topological polar surface area (TPSA) is 34.1 Å². The van der Waals surface area contributed by atoms with Crippen molar-refractivity contribution < 1.29 is 4.74 Å². The quantitative estimate of drug-likeness (QED) is 0.699. The minimum Gasteiger partial charge on any atom is -0.385 e. The molecule has 0 radical (unpaired) electrons. The molecule has 0 unspecified atom stereocenters. The first-order valence-electron chi connectivity index (χ1n) is 6.44. The molecule has 3 heteroatoms. The Balaban J connectivity index is 1.60. The van der Waals surface area contributed by atoms with Crippen LogP contribution in [0, 0.1) is 5.41 Å². The molecule has 0 amide bonds. The van der Waals surface area contributed by atoms with Gasteiger partial charge in [-0.05, 0) is 36.8 Å². The van der Waals surface area contributed by atoms with Gasteiger partial charge < -0.3 is 10.1 Å². The molecule has 2 rings (SSSR count). The Labute approximate surface area is 104 Å². The summed E-state index contributed by atoms with van der Waals surface area (Å²) in [5.74, 6) is 0. The van der Waals surface area contributed by atoms with E-state index in [1.54, 1.807) is 7.11 Å². The molecule has 17 heavy (non-hydrogen) atoms. The molecular formula is C14H22N2O. The maximum Gasteiger partial charge on any atom is 0.0468 e. The van der Waals surface area contributed by atoms with Crippen molar-refractivity contribution in [1.82, 2.24) is 10.3 Å². The average Bonchev–Trinajstić information content (AvgIpc) is 3.14. The molecule has 1 heterocycles. The summed E-state index contributed by atoms with van der Waals surface area (Å²) in [6.07, 6.45) is 6.78. The monoisotopic (exact) mass is 234 g/mol. The van der Waals surface area contributed by atoms with Crippen LogP contribution in [0.3, 0.4) is 0 Å². The Morgan fingerprint density at radius 3 is 2.94 bits per heavy atom. The van der Waals surface area contributed by atoms with E-state index in [1.165, 1.54) is 25.0 Å². The van der Waals surface area contributed by atoms with Crippen molar-refractivity contribution in [3.05, 3.63) is 30.1 Å². The van der Waals surface area contributed by atoms with Gasteiger partial charge in [-0.2, -0.15) is 0 Å². The van der Waals surface area contributed by atoms with Gasteiger partial charge in [-0.3, -0.25) is 4.98 Å². The number of nitrogens with zero attached hydrogens (tertiary/aromatic N) is 1. The zero-order valence-corrected chi connectivity index (χ0v) is 10.6. The second kappa shape index (κ2) is 6.12. The number of rotatable bonds is 8. The number of hydrogen-bond acceptors (Lipinski definition) is 3. The van der Waals surface area contributed by atoms with E-state index in [2.05, 4.69) is 16.4 Å². The summed E-state index contributed by atoms with van der Waals surface area (Å²) in [5.41, 5.74) is 1.71. The molecule has 0 aromatic carbocycles. The van der Waals surface area contributed by atoms with Gasteiger partial charge in [-0.25, -0.2) is 0 Å². The number of hydrogen-bond donors (Lipinski definition) is 1. The molecule has 0 bridgehead atoms. The van der Waals surface area contributed by atoms with Crippen LogP contribution in [0.4, 0.5) is 0 Å². The maximum atomic E-state index is 5.16. The van der Waals surface area contributed by atoms with Gasteiger partial charge in [0.15, 0.2) is 0 Å². The lowest BCUT2D eigenvalue weighted by Crippen LogP contribution is -2.27. The van der Waals surface area contributed by atoms with Gasteiger partial charge in [0.1, 0.15) is 0 Å². The number of pyridine rings is 1. The second-order valence-electron chi connectivity index (χ2n) is 4.99. The zero-order chi connectivity index (χ0) is 12.0. The predicted molar refractivity (Wildman–Crippen MR) is 69.0 cm³/mol. The van der Waals surface area contributed by atoms with Crippen LogP contribution < -0.4 is 5.32 Å². The molecule has 1 fully saturated rings. The van der Waals surface area contributed by atoms with E-state index in [9.17, 15) is 0 Å². The van der Waals surface area contributed by atoms with Crippen molar-refractivity contribution in [2.24, 2.45) is 5.41 Å². The van der Waals surface area contributed by atoms with Crippen LogP contribution in [-0.4, -0.2) is 31.8 Å². The third kappa shape index (κ3) is 4.10. The van der Waals surface area contributed by atoms with Gasteiger partial charge in [0, 0.05) is 45.1 Å². The fourth-order valence-electron chi connectivity index (χ4n) is 2.13. The molecule has 1 saturated carbocycles. The van der Waals surface area contributed by atoms with E-state index in [0.29, 0.717) is 5.41 Å². The summed E-state index contributed by atoms with van der Waals surface area (Å²) in [7, 11) is 1.78. The van der Waals surface area contributed by atoms with E-state index in [0.717, 1.165) is 26.1 Å². The third-order valence-corrected chi connectivity index (χ3v) is 3.58. The largest absolute Gasteiger partial charge is 0.385 e. The molecule has 0 spiro atoms. The van der Waals surface area contributed by atoms with Gasteiger partial charge in [0.05, 0.1) is 0 Å². The van der Waals surface area contributed by atoms with Crippen molar-refractivity contribution >= 4 is 0 Å². The summed E-state index contributed by atoms with van der Waals surface area (Å²) in [4.78, 5) is 4.32. The van der Waals surface area contributed by atoms with Crippen LogP contribution in [0.15, 0.2) is 24.4 Å². The Kier molecular flexibility index (Phi) is 4.51. The molecule has 1 aromatic rings. The Morgan fingerprint density at radius 1 is 1.41 bits per heavy atom. The van der Waals surface area contributed by atoms with E-state index in [1.807, 2.05) is 18.3 Å². The lowest BCUT2D eigenvalue weighted by atomic mass is 10.0. The molecule has 0 aliphatic heterocycles. The first-order chi connectivity index (χ1) is 8.35. The summed E-state index contributed by atoms with van der Waals surface area (Å²) in [6, 6.07) is 6.09. The van der Waals surface area contributed by atoms with Crippen molar-refractivity contribution in [2.75, 3.05) is 26.8 Å². The maximum absolute atomic E-state index is 5.16. The van der Waals surface area contributed by atoms with E-state index < -0.39 is 0 Å². The van der Waals surface area contributed by atoms with Gasteiger partial charge in [0.2, 0.25) is 0 Å². The van der Waals surface area contributed by atoms with Gasteiger partial charge >= 0.3 is 0 Å². The van der Waals surface area contributed by atoms with Crippen molar-refractivity contribution in [3.8, 4) is 0 Å². The van der Waals surface area contributed by atoms with E-state index in [-0.39, 0.29) is 0 Å². The molecule has 3 nitrogen and oxygen atoms in total. The molecule has 1 aromatic heterocycles. The van der Waals surface area contributed by atoms with Gasteiger partial charge in [-0.1, -0.05) is 6.07 Å². The second-order valence-corrected chi connectivity index (χ2v) is 4.99. The van der Waals surface area contributed by atoms with Crippen LogP contribution in [0.25, 0.3) is 0 Å². The van der Waals surface area contributed by atoms with Crippen LogP contribution in [0.5, 0.6) is 0 Å². The highest BCUT2D eigenvalue weighted by Crippen LogP contribution is 2.48. The molecule has 1 aliphatic rings. The highest BCUT2D eigenvalue weighted by molar-refractivity contribution is 5.04. The number of aromatic nitrogens is 1. The van der Waals surface area contributed by atoms with Gasteiger partial charge in [-0.15, -0.1) is 0 Å². The normalized spacial score (nSPS) is 17.0. The number of ether oxygens (including phenoxy) is 1. The Hall–Kier alpha value is -0.930. The van der Waals surface area contributed by atoms with E-state index >= 15 is 0 Å². The van der Waals surface area contributed by atoms with Crippen molar-refractivity contribution in [2.45, 2.75) is 25.7 Å². The first kappa shape index (κ1) is 12.5. The molecule has 94 valence electrons. The molecule has 0 atom stereocenters. The molecule has 0 saturated heterocycles.